The molecule has 0 aromatic heterocycles. The highest BCUT2D eigenvalue weighted by atomic mass is 32.2. The van der Waals surface area contributed by atoms with Crippen LogP contribution in [0.4, 0.5) is 17.3 Å². The number of rotatable bonds is 1. The zero-order chi connectivity index (χ0) is 17.0. The quantitative estimate of drug-likeness (QED) is 0.469. The van der Waals surface area contributed by atoms with Crippen LogP contribution < -0.4 is 4.99 Å². The molecule has 0 unspecified atom stereocenters. The maximum Gasteiger partial charge on any atom is 0.673 e. The minimum Gasteiger partial charge on any atom is -0.418 e. The summed E-state index contributed by atoms with van der Waals surface area (Å²) in [5, 5.41) is 1.09. The van der Waals surface area contributed by atoms with Crippen LogP contribution in [0, 0.1) is 0 Å². The van der Waals surface area contributed by atoms with E-state index in [1.54, 1.807) is 23.7 Å². The Hall–Kier alpha value is -1.48. The Labute approximate surface area is 140 Å². The molecule has 0 aliphatic carbocycles. The maximum absolute atomic E-state index is 9.75. The Balaban J connectivity index is 0.000000338. The molecule has 2 nitrogen and oxygen atoms in total. The summed E-state index contributed by atoms with van der Waals surface area (Å²) >= 11 is 3.33. The minimum absolute atomic E-state index is 1.09. The Kier molecular flexibility index (Phi) is 5.75. The summed E-state index contributed by atoms with van der Waals surface area (Å²) in [7, 11) is -6.00. The Morgan fingerprint density at radius 1 is 1.04 bits per heavy atom. The Bertz CT molecular complexity index is 703. The van der Waals surface area contributed by atoms with Crippen LogP contribution >= 0.6 is 23.7 Å². The number of allylic oxidation sites excluding steroid dienone is 3. The summed E-state index contributed by atoms with van der Waals surface area (Å²) in [5.41, 5.74) is 4.88. The van der Waals surface area contributed by atoms with Crippen molar-refractivity contribution in [2.24, 2.45) is 4.40 Å². The molecule has 0 spiro atoms. The third-order valence-electron chi connectivity index (χ3n) is 2.79. The van der Waals surface area contributed by atoms with Gasteiger partial charge in [-0.1, -0.05) is 42.1 Å². The van der Waals surface area contributed by atoms with Crippen LogP contribution in [0.15, 0.2) is 56.3 Å². The van der Waals surface area contributed by atoms with Crippen LogP contribution in [0.2, 0.25) is 0 Å². The molecular weight excluding hydrogens is 347 g/mol. The predicted octanol–water partition coefficient (Wildman–Crippen LogP) is 3.80. The Morgan fingerprint density at radius 2 is 1.65 bits per heavy atom. The van der Waals surface area contributed by atoms with Gasteiger partial charge in [-0.2, -0.15) is 0 Å². The van der Waals surface area contributed by atoms with E-state index < -0.39 is 7.25 Å². The topological polar surface area (TPSA) is 26.3 Å². The van der Waals surface area contributed by atoms with Crippen molar-refractivity contribution in [3.05, 3.63) is 57.5 Å². The van der Waals surface area contributed by atoms with Gasteiger partial charge in [-0.3, -0.25) is 0 Å². The van der Waals surface area contributed by atoms with Gasteiger partial charge in [0, 0.05) is 37.4 Å². The molecule has 2 aliphatic rings. The van der Waals surface area contributed by atoms with Crippen LogP contribution in [-0.2, 0) is 0 Å². The molecule has 3 rings (SSSR count). The van der Waals surface area contributed by atoms with Crippen molar-refractivity contribution < 1.29 is 22.3 Å². The number of thioether (sulfide) groups is 1. The predicted molar refractivity (Wildman–Crippen MR) is 90.8 cm³/mol. The second-order valence-electron chi connectivity index (χ2n) is 4.73. The maximum atomic E-state index is 9.75. The minimum atomic E-state index is -6.00. The molecule has 2 heterocycles. The lowest BCUT2D eigenvalue weighted by Gasteiger charge is -1.99. The van der Waals surface area contributed by atoms with E-state index in [0.717, 1.165) is 5.04 Å². The van der Waals surface area contributed by atoms with Gasteiger partial charge in [-0.15, -0.1) is 0 Å². The lowest BCUT2D eigenvalue weighted by Crippen LogP contribution is -2.67. The van der Waals surface area contributed by atoms with E-state index >= 15 is 0 Å². The van der Waals surface area contributed by atoms with Crippen molar-refractivity contribution in [1.82, 2.24) is 0 Å². The third-order valence-corrected chi connectivity index (χ3v) is 4.97. The summed E-state index contributed by atoms with van der Waals surface area (Å²) in [6.07, 6.45) is 2.19. The number of nitrogens with zero attached hydrogens (tertiary/aromatic N) is 1. The van der Waals surface area contributed by atoms with Crippen LogP contribution in [-0.4, -0.2) is 18.0 Å². The molecular formula is C14H13BF4N2S2. The van der Waals surface area contributed by atoms with Crippen LogP contribution in [0.25, 0.3) is 0 Å². The van der Waals surface area contributed by atoms with E-state index in [1.165, 1.54) is 26.8 Å². The van der Waals surface area contributed by atoms with E-state index in [1.807, 2.05) is 18.2 Å². The molecule has 0 atom stereocenters. The molecule has 9 heteroatoms. The number of benzene rings is 1. The lowest BCUT2D eigenvalue weighted by atomic mass is 10.2. The molecule has 1 N–H and O–H groups in total. The smallest absolute Gasteiger partial charge is 0.418 e. The van der Waals surface area contributed by atoms with Gasteiger partial charge in [0.15, 0.2) is 11.4 Å². The first-order chi connectivity index (χ1) is 10.7. The van der Waals surface area contributed by atoms with E-state index in [9.17, 15) is 17.3 Å². The molecule has 1 aromatic carbocycles. The number of hydrogen-bond donors (Lipinski definition) is 1. The highest BCUT2D eigenvalue weighted by Gasteiger charge is 2.25. The molecule has 0 amide bonds. The van der Waals surface area contributed by atoms with Gasteiger partial charge in [0.1, 0.15) is 5.04 Å². The van der Waals surface area contributed by atoms with Crippen molar-refractivity contribution in [3.8, 4) is 0 Å². The van der Waals surface area contributed by atoms with Crippen molar-refractivity contribution in [1.29, 1.82) is 0 Å². The van der Waals surface area contributed by atoms with Gasteiger partial charge in [0.25, 0.3) is 0 Å². The van der Waals surface area contributed by atoms with Gasteiger partial charge in [-0.25, -0.2) is 9.39 Å². The molecule has 0 saturated carbocycles. The standard InChI is InChI=1S/C14H12N2S2.BF4/c1-9-8-12(10(2)15-9)14-17-13(16-18-14)11-6-4-3-5-7-11;2-1(3,4)5/h3-8H,1-2H3;/q;-1/p+1/b14-12-;. The van der Waals surface area contributed by atoms with Gasteiger partial charge in [0.05, 0.1) is 9.81 Å². The van der Waals surface area contributed by atoms with Gasteiger partial charge < -0.3 is 17.3 Å². The van der Waals surface area contributed by atoms with Crippen molar-refractivity contribution in [2.45, 2.75) is 13.8 Å². The fourth-order valence-corrected chi connectivity index (χ4v) is 4.03. The van der Waals surface area contributed by atoms with E-state index in [2.05, 4.69) is 41.4 Å². The molecule has 0 radical (unpaired) electrons. The van der Waals surface area contributed by atoms with Crippen LogP contribution in [0.5, 0.6) is 0 Å². The van der Waals surface area contributed by atoms with Crippen LogP contribution in [0.1, 0.15) is 19.4 Å². The second-order valence-corrected chi connectivity index (χ2v) is 6.76. The first-order valence-corrected chi connectivity index (χ1v) is 8.22. The van der Waals surface area contributed by atoms with Crippen molar-refractivity contribution in [2.75, 3.05) is 0 Å². The summed E-state index contributed by atoms with van der Waals surface area (Å²) in [6, 6.07) is 10.3. The summed E-state index contributed by atoms with van der Waals surface area (Å²) in [5.74, 6) is 0. The summed E-state index contributed by atoms with van der Waals surface area (Å²) in [6.45, 7) is 4.19. The summed E-state index contributed by atoms with van der Waals surface area (Å²) < 4.78 is 44.8. The zero-order valence-corrected chi connectivity index (χ0v) is 14.0. The fraction of sp³-hybridized carbons (Fsp3) is 0.143. The van der Waals surface area contributed by atoms with Gasteiger partial charge >= 0.3 is 7.25 Å². The molecule has 2 aliphatic heterocycles. The monoisotopic (exact) mass is 360 g/mol. The first kappa shape index (κ1) is 17.9. The number of nitrogens with one attached hydrogen (secondary N) is 1. The van der Waals surface area contributed by atoms with Crippen molar-refractivity contribution >= 4 is 41.7 Å². The van der Waals surface area contributed by atoms with Gasteiger partial charge in [0.2, 0.25) is 0 Å². The largest absolute Gasteiger partial charge is 0.673 e. The third kappa shape index (κ3) is 5.58. The zero-order valence-electron chi connectivity index (χ0n) is 12.3. The van der Waals surface area contributed by atoms with Gasteiger partial charge in [-0.05, 0) is 0 Å². The van der Waals surface area contributed by atoms with E-state index in [4.69, 9.17) is 0 Å². The lowest BCUT2D eigenvalue weighted by molar-refractivity contribution is -0.392. The molecule has 1 aromatic rings. The highest BCUT2D eigenvalue weighted by molar-refractivity contribution is 8.32. The number of halogens is 4. The molecule has 23 heavy (non-hydrogen) atoms. The average Bonchev–Trinajstić information content (AvgIpc) is 3.04. The molecule has 122 valence electrons. The molecule has 0 saturated heterocycles. The average molecular weight is 360 g/mol. The first-order valence-electron chi connectivity index (χ1n) is 6.63. The normalized spacial score (nSPS) is 20.5. The van der Waals surface area contributed by atoms with E-state index in [0.29, 0.717) is 0 Å². The molecule has 0 fully saturated rings. The molecule has 0 bridgehead atoms. The second kappa shape index (κ2) is 7.40. The Morgan fingerprint density at radius 3 is 2.17 bits per heavy atom. The fourth-order valence-electron chi connectivity index (χ4n) is 1.94. The van der Waals surface area contributed by atoms with Crippen LogP contribution in [0.3, 0.4) is 0 Å². The van der Waals surface area contributed by atoms with E-state index in [-0.39, 0.29) is 0 Å². The summed E-state index contributed by atoms with van der Waals surface area (Å²) in [4.78, 5) is 3.34. The highest BCUT2D eigenvalue weighted by Crippen LogP contribution is 2.43. The SMILES string of the molecule is CC1=C/C(=C2/SN=C(c3ccccc3)S2)C(C)=[NH+]1.F[B-](F)(F)F. The van der Waals surface area contributed by atoms with Crippen molar-refractivity contribution in [3.63, 3.8) is 0 Å². The number of hydrogen-bond acceptors (Lipinski definition) is 3.